The van der Waals surface area contributed by atoms with Gasteiger partial charge in [0, 0.05) is 17.2 Å². The molecule has 3 aromatic rings. The van der Waals surface area contributed by atoms with Crippen LogP contribution in [0, 0.1) is 0 Å². The normalized spacial score (nSPS) is 11.4. The van der Waals surface area contributed by atoms with Crippen molar-refractivity contribution in [2.75, 3.05) is 0 Å². The fraction of sp³-hybridized carbons (Fsp3) is 0.0909. The third kappa shape index (κ3) is 4.21. The fourth-order valence-corrected chi connectivity index (χ4v) is 2.43. The summed E-state index contributed by atoms with van der Waals surface area (Å²) in [5, 5.41) is 0. The monoisotopic (exact) mass is 329 g/mol. The van der Waals surface area contributed by atoms with Crippen molar-refractivity contribution >= 4 is 11.9 Å². The van der Waals surface area contributed by atoms with Gasteiger partial charge in [0.1, 0.15) is 5.69 Å². The van der Waals surface area contributed by atoms with Crippen LogP contribution in [0.2, 0.25) is 0 Å². The number of carbonyl (C=O) groups is 1. The largest absolute Gasteiger partial charge is 0.436 e. The molecule has 25 heavy (non-hydrogen) atoms. The molecule has 0 saturated heterocycles. The second kappa shape index (κ2) is 8.06. The van der Waals surface area contributed by atoms with E-state index >= 15 is 0 Å². The predicted molar refractivity (Wildman–Crippen MR) is 101 cm³/mol. The molecule has 0 saturated carbocycles. The first kappa shape index (κ1) is 16.7. The summed E-state index contributed by atoms with van der Waals surface area (Å²) in [6, 6.07) is 19.7. The second-order valence-electron chi connectivity index (χ2n) is 5.51. The molecular weight excluding hydrogens is 310 g/mol. The van der Waals surface area contributed by atoms with Crippen LogP contribution in [0.15, 0.2) is 83.3 Å². The van der Waals surface area contributed by atoms with E-state index in [1.165, 1.54) is 6.08 Å². The molecule has 1 heterocycles. The molecule has 0 aliphatic heterocycles. The summed E-state index contributed by atoms with van der Waals surface area (Å²) in [7, 11) is 0. The van der Waals surface area contributed by atoms with Crippen molar-refractivity contribution in [3.63, 3.8) is 0 Å². The van der Waals surface area contributed by atoms with E-state index in [1.54, 1.807) is 12.2 Å². The maximum atomic E-state index is 11.8. The molecule has 0 fully saturated rings. The lowest BCUT2D eigenvalue weighted by atomic mass is 10.1. The molecule has 0 N–H and O–H groups in total. The Bertz CT molecular complexity index is 833. The summed E-state index contributed by atoms with van der Waals surface area (Å²) < 4.78 is 5.94. The van der Waals surface area contributed by atoms with E-state index in [-0.39, 0.29) is 5.78 Å². The van der Waals surface area contributed by atoms with Gasteiger partial charge >= 0.3 is 0 Å². The second-order valence-corrected chi connectivity index (χ2v) is 5.51. The molecule has 0 unspecified atom stereocenters. The van der Waals surface area contributed by atoms with Gasteiger partial charge in [0.15, 0.2) is 11.5 Å². The zero-order chi connectivity index (χ0) is 17.5. The van der Waals surface area contributed by atoms with Crippen molar-refractivity contribution in [3.05, 3.63) is 84.8 Å². The van der Waals surface area contributed by atoms with E-state index in [0.717, 1.165) is 23.2 Å². The molecule has 0 spiro atoms. The van der Waals surface area contributed by atoms with Crippen LogP contribution in [0.5, 0.6) is 0 Å². The van der Waals surface area contributed by atoms with Gasteiger partial charge in [0.05, 0.1) is 0 Å². The summed E-state index contributed by atoms with van der Waals surface area (Å²) in [5.74, 6) is 1.03. The van der Waals surface area contributed by atoms with Crippen molar-refractivity contribution in [2.24, 2.45) is 0 Å². The summed E-state index contributed by atoms with van der Waals surface area (Å²) >= 11 is 0. The number of aromatic nitrogens is 1. The molecule has 0 bridgehead atoms. The first-order valence-electron chi connectivity index (χ1n) is 8.28. The van der Waals surface area contributed by atoms with Gasteiger partial charge in [0.2, 0.25) is 5.89 Å². The highest BCUT2D eigenvalue weighted by Crippen LogP contribution is 2.32. The molecule has 2 aromatic carbocycles. The molecule has 1 aromatic heterocycles. The van der Waals surface area contributed by atoms with Crippen LogP contribution < -0.4 is 0 Å². The van der Waals surface area contributed by atoms with Crippen LogP contribution in [0.3, 0.4) is 0 Å². The number of oxazole rings is 1. The number of benzene rings is 2. The van der Waals surface area contributed by atoms with E-state index in [4.69, 9.17) is 4.42 Å². The van der Waals surface area contributed by atoms with Crippen molar-refractivity contribution < 1.29 is 9.21 Å². The Hall–Kier alpha value is -3.20. The van der Waals surface area contributed by atoms with E-state index in [1.807, 2.05) is 73.7 Å². The van der Waals surface area contributed by atoms with Gasteiger partial charge in [-0.15, -0.1) is 0 Å². The molecule has 0 aliphatic carbocycles. The minimum atomic E-state index is -0.0810. The van der Waals surface area contributed by atoms with Crippen molar-refractivity contribution in [3.8, 4) is 22.6 Å². The number of hydrogen-bond acceptors (Lipinski definition) is 3. The van der Waals surface area contributed by atoms with Crippen molar-refractivity contribution in [2.45, 2.75) is 13.3 Å². The summed E-state index contributed by atoms with van der Waals surface area (Å²) in [5.41, 5.74) is 2.69. The van der Waals surface area contributed by atoms with Crippen LogP contribution in [0.4, 0.5) is 0 Å². The van der Waals surface area contributed by atoms with E-state index in [9.17, 15) is 4.79 Å². The van der Waals surface area contributed by atoms with Crippen LogP contribution in [0.1, 0.15) is 19.2 Å². The average molecular weight is 329 g/mol. The summed E-state index contributed by atoms with van der Waals surface area (Å²) in [6.45, 7) is 1.99. The molecule has 0 amide bonds. The predicted octanol–water partition coefficient (Wildman–Crippen LogP) is 5.56. The highest BCUT2D eigenvalue weighted by molar-refractivity contribution is 6.01. The quantitative estimate of drug-likeness (QED) is 0.556. The SMILES string of the molecule is CC/C=C/C(=O)/C=C/c1nc(-c2ccccc2)c(-c2ccccc2)o1. The van der Waals surface area contributed by atoms with Gasteiger partial charge in [-0.05, 0) is 18.6 Å². The molecule has 3 nitrogen and oxygen atoms in total. The maximum absolute atomic E-state index is 11.8. The molecule has 0 radical (unpaired) electrons. The molecule has 124 valence electrons. The first-order chi connectivity index (χ1) is 12.3. The van der Waals surface area contributed by atoms with Crippen LogP contribution in [-0.2, 0) is 4.79 Å². The smallest absolute Gasteiger partial charge is 0.220 e. The Morgan fingerprint density at radius 3 is 2.24 bits per heavy atom. The van der Waals surface area contributed by atoms with Crippen LogP contribution in [0.25, 0.3) is 28.7 Å². The number of nitrogens with zero attached hydrogens (tertiary/aromatic N) is 1. The molecule has 0 aliphatic rings. The number of hydrogen-bond donors (Lipinski definition) is 0. The first-order valence-corrected chi connectivity index (χ1v) is 8.28. The van der Waals surface area contributed by atoms with E-state index in [2.05, 4.69) is 4.98 Å². The lowest BCUT2D eigenvalue weighted by molar-refractivity contribution is -0.110. The average Bonchev–Trinajstić information content (AvgIpc) is 3.10. The molecular formula is C22H19NO2. The number of allylic oxidation sites excluding steroid dienone is 3. The minimum Gasteiger partial charge on any atom is -0.436 e. The molecule has 3 rings (SSSR count). The minimum absolute atomic E-state index is 0.0810. The Kier molecular flexibility index (Phi) is 5.37. The highest BCUT2D eigenvalue weighted by Gasteiger charge is 2.15. The van der Waals surface area contributed by atoms with Gasteiger partial charge in [-0.1, -0.05) is 73.7 Å². The number of carbonyl (C=O) groups excluding carboxylic acids is 1. The Morgan fingerprint density at radius 2 is 1.60 bits per heavy atom. The third-order valence-electron chi connectivity index (χ3n) is 3.63. The number of rotatable bonds is 6. The van der Waals surface area contributed by atoms with E-state index in [0.29, 0.717) is 11.7 Å². The highest BCUT2D eigenvalue weighted by atomic mass is 16.4. The lowest BCUT2D eigenvalue weighted by Crippen LogP contribution is -1.84. The Balaban J connectivity index is 1.99. The Labute approximate surface area is 147 Å². The summed E-state index contributed by atoms with van der Waals surface area (Å²) in [6.07, 6.45) is 7.29. The van der Waals surface area contributed by atoms with Gasteiger partial charge in [-0.3, -0.25) is 4.79 Å². The zero-order valence-corrected chi connectivity index (χ0v) is 14.1. The Morgan fingerprint density at radius 1 is 0.960 bits per heavy atom. The molecule has 0 atom stereocenters. The van der Waals surface area contributed by atoms with Crippen molar-refractivity contribution in [1.29, 1.82) is 0 Å². The van der Waals surface area contributed by atoms with Gasteiger partial charge in [-0.25, -0.2) is 4.98 Å². The van der Waals surface area contributed by atoms with Gasteiger partial charge < -0.3 is 4.42 Å². The lowest BCUT2D eigenvalue weighted by Gasteiger charge is -2.00. The fourth-order valence-electron chi connectivity index (χ4n) is 2.43. The van der Waals surface area contributed by atoms with Gasteiger partial charge in [0.25, 0.3) is 0 Å². The van der Waals surface area contributed by atoms with Crippen LogP contribution >= 0.6 is 0 Å². The van der Waals surface area contributed by atoms with Gasteiger partial charge in [-0.2, -0.15) is 0 Å². The van der Waals surface area contributed by atoms with Crippen LogP contribution in [-0.4, -0.2) is 10.8 Å². The third-order valence-corrected chi connectivity index (χ3v) is 3.63. The topological polar surface area (TPSA) is 43.1 Å². The van der Waals surface area contributed by atoms with Crippen molar-refractivity contribution in [1.82, 2.24) is 4.98 Å². The molecule has 3 heteroatoms. The maximum Gasteiger partial charge on any atom is 0.220 e. The van der Waals surface area contributed by atoms with E-state index < -0.39 is 0 Å². The zero-order valence-electron chi connectivity index (χ0n) is 14.1. The number of ketones is 1. The summed E-state index contributed by atoms with van der Waals surface area (Å²) in [4.78, 5) is 16.3. The standard InChI is InChI=1S/C22H19NO2/c1-2-3-14-19(24)15-16-20-23-21(17-10-6-4-7-11-17)22(25-20)18-12-8-5-9-13-18/h3-16H,2H2,1H3/b14-3+,16-15+.